The zero-order chi connectivity index (χ0) is 42.8. The van der Waals surface area contributed by atoms with Crippen LogP contribution >= 0.6 is 11.6 Å². The lowest BCUT2D eigenvalue weighted by Gasteiger charge is -2.49. The molecule has 1 N–H and O–H groups in total. The van der Waals surface area contributed by atoms with Gasteiger partial charge in [0.15, 0.2) is 0 Å². The molecular formula is C49H52ClN7O6. The highest BCUT2D eigenvalue weighted by Gasteiger charge is 2.50. The van der Waals surface area contributed by atoms with Crippen molar-refractivity contribution < 1.29 is 23.9 Å². The van der Waals surface area contributed by atoms with Gasteiger partial charge in [0, 0.05) is 47.7 Å². The molecule has 7 aliphatic heterocycles. The summed E-state index contributed by atoms with van der Waals surface area (Å²) < 4.78 is 8.64. The number of aromatic nitrogens is 2. The van der Waals surface area contributed by atoms with Crippen molar-refractivity contribution >= 4 is 46.1 Å². The quantitative estimate of drug-likeness (QED) is 0.269. The van der Waals surface area contributed by atoms with Crippen molar-refractivity contribution in [3.8, 4) is 11.4 Å². The Balaban J connectivity index is 0.657. The second-order valence-electron chi connectivity index (χ2n) is 19.6. The van der Waals surface area contributed by atoms with Crippen LogP contribution in [0.1, 0.15) is 115 Å². The van der Waals surface area contributed by atoms with Gasteiger partial charge >= 0.3 is 0 Å². The number of benzene rings is 3. The highest BCUT2D eigenvalue weighted by Crippen LogP contribution is 2.53. The summed E-state index contributed by atoms with van der Waals surface area (Å²) in [6.07, 6.45) is 9.87. The van der Waals surface area contributed by atoms with Crippen LogP contribution < -0.4 is 15.6 Å². The molecule has 63 heavy (non-hydrogen) atoms. The largest absolute Gasteiger partial charge is 0.492 e. The Hall–Kier alpha value is -5.11. The molecule has 4 saturated heterocycles. The van der Waals surface area contributed by atoms with Crippen molar-refractivity contribution in [2.24, 2.45) is 0 Å². The second-order valence-corrected chi connectivity index (χ2v) is 20.0. The van der Waals surface area contributed by atoms with E-state index >= 15 is 0 Å². The molecule has 13 nitrogen and oxygen atoms in total. The number of imide groups is 1. The Morgan fingerprint density at radius 3 is 2.44 bits per heavy atom. The lowest BCUT2D eigenvalue weighted by molar-refractivity contribution is -0.141. The molecule has 8 aliphatic rings. The van der Waals surface area contributed by atoms with E-state index in [-0.39, 0.29) is 40.5 Å². The normalized spacial score (nSPS) is 24.3. The maximum absolute atomic E-state index is 13.6. The molecule has 12 rings (SSSR count). The summed E-state index contributed by atoms with van der Waals surface area (Å²) >= 11 is 6.61. The third-order valence-electron chi connectivity index (χ3n) is 16.4. The van der Waals surface area contributed by atoms with Gasteiger partial charge in [-0.15, -0.1) is 0 Å². The minimum absolute atomic E-state index is 0.112. The Morgan fingerprint density at radius 1 is 0.889 bits per heavy atom. The molecular weight excluding hydrogens is 818 g/mol. The molecule has 326 valence electrons. The minimum atomic E-state index is -0.648. The second kappa shape index (κ2) is 14.7. The molecule has 3 aromatic carbocycles. The van der Waals surface area contributed by atoms with E-state index in [0.29, 0.717) is 54.0 Å². The summed E-state index contributed by atoms with van der Waals surface area (Å²) in [5.74, 6) is 1.40. The van der Waals surface area contributed by atoms with Crippen LogP contribution in [-0.4, -0.2) is 117 Å². The van der Waals surface area contributed by atoms with Crippen LogP contribution in [-0.2, 0) is 31.8 Å². The highest BCUT2D eigenvalue weighted by atomic mass is 35.5. The van der Waals surface area contributed by atoms with Gasteiger partial charge in [0.25, 0.3) is 11.5 Å². The van der Waals surface area contributed by atoms with Gasteiger partial charge in [-0.2, -0.15) is 4.98 Å². The monoisotopic (exact) mass is 869 g/mol. The van der Waals surface area contributed by atoms with Gasteiger partial charge in [-0.25, -0.2) is 0 Å². The van der Waals surface area contributed by atoms with Crippen LogP contribution in [0.4, 0.5) is 0 Å². The summed E-state index contributed by atoms with van der Waals surface area (Å²) in [5.41, 5.74) is 6.59. The fourth-order valence-corrected chi connectivity index (χ4v) is 13.0. The van der Waals surface area contributed by atoms with Crippen molar-refractivity contribution in [2.45, 2.75) is 106 Å². The third kappa shape index (κ3) is 6.08. The molecule has 0 unspecified atom stereocenters. The van der Waals surface area contributed by atoms with E-state index in [1.165, 1.54) is 17.5 Å². The van der Waals surface area contributed by atoms with Crippen molar-refractivity contribution in [3.05, 3.63) is 97.5 Å². The van der Waals surface area contributed by atoms with E-state index in [2.05, 4.69) is 43.9 Å². The van der Waals surface area contributed by atoms with E-state index in [1.54, 1.807) is 11.0 Å². The summed E-state index contributed by atoms with van der Waals surface area (Å²) in [7, 11) is 0. The molecule has 4 aromatic rings. The number of ether oxygens (including phenoxy) is 1. The topological polar surface area (TPSA) is 137 Å². The number of likely N-dealkylation sites (tertiary alicyclic amines) is 3. The first kappa shape index (κ1) is 39.5. The number of fused-ring (bicyclic) bond motifs is 11. The number of nitrogens with zero attached hydrogens (tertiary/aromatic N) is 6. The fourth-order valence-electron chi connectivity index (χ4n) is 12.8. The van der Waals surface area contributed by atoms with E-state index < -0.39 is 11.9 Å². The molecule has 14 heteroatoms. The summed E-state index contributed by atoms with van der Waals surface area (Å²) in [5, 5.41) is 3.32. The average molecular weight is 870 g/mol. The molecule has 1 saturated carbocycles. The average Bonchev–Trinajstić information content (AvgIpc) is 3.89. The Labute approximate surface area is 370 Å². The van der Waals surface area contributed by atoms with Gasteiger partial charge in [-0.3, -0.25) is 43.7 Å². The molecule has 1 aromatic heterocycles. The predicted molar refractivity (Wildman–Crippen MR) is 235 cm³/mol. The first-order chi connectivity index (χ1) is 30.6. The minimum Gasteiger partial charge on any atom is -0.492 e. The number of carbonyl (C=O) groups excluding carboxylic acids is 4. The summed E-state index contributed by atoms with van der Waals surface area (Å²) in [6.45, 7) is 6.49. The SMILES string of the molecule is O=C1CC[C@H](N2Cc3c(ccc4c3OCC43CCN(C4CN(C(=O)CN5CCC(c6ccc7c(c6)-n6c(nc(=O)c8c(Cl)cccc86)C76CCCCC6)CC5)C4)CC3)C2=O)C(=O)N1. The van der Waals surface area contributed by atoms with Crippen molar-refractivity contribution in [1.29, 1.82) is 0 Å². The van der Waals surface area contributed by atoms with Crippen LogP contribution in [0, 0.1) is 0 Å². The van der Waals surface area contributed by atoms with Gasteiger partial charge in [0.2, 0.25) is 17.7 Å². The zero-order valence-corrected chi connectivity index (χ0v) is 36.3. The molecule has 1 atom stereocenters. The number of hydrogen-bond acceptors (Lipinski definition) is 9. The van der Waals surface area contributed by atoms with E-state index in [4.69, 9.17) is 21.3 Å². The first-order valence-corrected chi connectivity index (χ1v) is 23.5. The molecule has 0 bridgehead atoms. The van der Waals surface area contributed by atoms with E-state index in [9.17, 15) is 24.0 Å². The predicted octanol–water partition coefficient (Wildman–Crippen LogP) is 5.18. The first-order valence-electron chi connectivity index (χ1n) is 23.2. The van der Waals surface area contributed by atoms with Crippen LogP contribution in [0.25, 0.3) is 16.6 Å². The molecule has 0 radical (unpaired) electrons. The molecule has 4 amide bonds. The van der Waals surface area contributed by atoms with Gasteiger partial charge in [0.1, 0.15) is 17.6 Å². The van der Waals surface area contributed by atoms with Gasteiger partial charge in [0.05, 0.1) is 46.7 Å². The number of halogens is 1. The van der Waals surface area contributed by atoms with Crippen molar-refractivity contribution in [2.75, 3.05) is 52.4 Å². The number of amides is 4. The molecule has 5 fully saturated rings. The van der Waals surface area contributed by atoms with Crippen LogP contribution in [0.5, 0.6) is 5.75 Å². The number of nitrogens with one attached hydrogen (secondary N) is 1. The zero-order valence-electron chi connectivity index (χ0n) is 35.5. The van der Waals surface area contributed by atoms with Gasteiger partial charge in [-0.05, 0) is 112 Å². The van der Waals surface area contributed by atoms with Crippen molar-refractivity contribution in [1.82, 2.24) is 34.5 Å². The van der Waals surface area contributed by atoms with Gasteiger partial charge in [-0.1, -0.05) is 55.1 Å². The van der Waals surface area contributed by atoms with E-state index in [1.807, 2.05) is 23.1 Å². The lowest BCUT2D eigenvalue weighted by atomic mass is 9.69. The Bertz CT molecular complexity index is 2690. The fraction of sp³-hybridized carbons (Fsp3) is 0.510. The summed E-state index contributed by atoms with van der Waals surface area (Å²) in [4.78, 5) is 78.0. The highest BCUT2D eigenvalue weighted by molar-refractivity contribution is 6.35. The molecule has 2 spiro atoms. The Morgan fingerprint density at radius 2 is 1.67 bits per heavy atom. The standard InChI is InChI=1S/C49H52ClN7O6/c50-36-5-4-6-37-42(36)45(61)52-47-49(15-2-1-3-16-49)34-9-7-30(23-39(34)57(37)47)29-13-19-53(20-14-29)27-41(59)55-24-31(25-55)54-21-17-48(18-22-54)28-63-43-33-26-56(38-11-12-40(58)51-44(38)60)46(62)32(33)8-10-35(43)48/h4-10,23,29,31,38H,1-3,11-22,24-28H2,(H,51,58,60)/t38-/m0/s1. The maximum Gasteiger partial charge on any atom is 0.282 e. The van der Waals surface area contributed by atoms with E-state index in [0.717, 1.165) is 125 Å². The third-order valence-corrected chi connectivity index (χ3v) is 16.7. The maximum atomic E-state index is 13.6. The lowest BCUT2D eigenvalue weighted by Crippen LogP contribution is -2.64. The smallest absolute Gasteiger partial charge is 0.282 e. The van der Waals surface area contributed by atoms with Crippen LogP contribution in [0.3, 0.4) is 0 Å². The molecule has 8 heterocycles. The number of rotatable bonds is 5. The molecule has 1 aliphatic carbocycles. The van der Waals surface area contributed by atoms with Crippen molar-refractivity contribution in [3.63, 3.8) is 0 Å². The number of carbonyl (C=O) groups is 4. The number of piperidine rings is 3. The summed E-state index contributed by atoms with van der Waals surface area (Å²) in [6, 6.07) is 16.4. The Kier molecular flexibility index (Phi) is 9.22. The van der Waals surface area contributed by atoms with Crippen LogP contribution in [0.15, 0.2) is 53.3 Å². The van der Waals surface area contributed by atoms with Gasteiger partial charge < -0.3 is 14.5 Å². The van der Waals surface area contributed by atoms with Crippen LogP contribution in [0.2, 0.25) is 5.02 Å². The number of hydrogen-bond donors (Lipinski definition) is 1.